The topological polar surface area (TPSA) is 17.1 Å². The molecule has 0 aromatic heterocycles. The van der Waals surface area contributed by atoms with Gasteiger partial charge >= 0.3 is 0 Å². The Morgan fingerprint density at radius 3 is 2.30 bits per heavy atom. The molecule has 1 unspecified atom stereocenters. The van der Waals surface area contributed by atoms with E-state index < -0.39 is 0 Å². The third kappa shape index (κ3) is 3.71. The molecule has 0 aliphatic rings. The number of rotatable bonds is 6. The molecule has 0 saturated carbocycles. The van der Waals surface area contributed by atoms with Gasteiger partial charge in [-0.15, -0.1) is 0 Å². The molecule has 0 aliphatic carbocycles. The molecule has 0 spiro atoms. The molecule has 2 aromatic carbocycles. The van der Waals surface area contributed by atoms with Crippen molar-refractivity contribution in [1.29, 1.82) is 0 Å². The summed E-state index contributed by atoms with van der Waals surface area (Å²) in [5.41, 5.74) is 1.83. The number of hydrogen-bond donors (Lipinski definition) is 0. The predicted octanol–water partition coefficient (Wildman–Crippen LogP) is 5.50. The summed E-state index contributed by atoms with van der Waals surface area (Å²) < 4.78 is 0. The van der Waals surface area contributed by atoms with Crippen molar-refractivity contribution in [1.82, 2.24) is 0 Å². The van der Waals surface area contributed by atoms with Crippen LogP contribution in [0.4, 0.5) is 0 Å². The molecular formula is C18H19ClO. The Bertz CT molecular complexity index is 545. The smallest absolute Gasteiger partial charge is 0.170 e. The molecular weight excluding hydrogens is 268 g/mol. The van der Waals surface area contributed by atoms with Gasteiger partial charge in [0.05, 0.1) is 0 Å². The lowest BCUT2D eigenvalue weighted by Gasteiger charge is -2.16. The molecule has 0 fully saturated rings. The van der Waals surface area contributed by atoms with E-state index in [-0.39, 0.29) is 11.7 Å². The molecule has 0 heterocycles. The van der Waals surface area contributed by atoms with Gasteiger partial charge in [0.15, 0.2) is 5.78 Å². The van der Waals surface area contributed by atoms with E-state index in [1.807, 2.05) is 42.5 Å². The number of carbonyl (C=O) groups excluding carboxylic acids is 1. The highest BCUT2D eigenvalue weighted by Gasteiger charge is 2.21. The second-order valence-electron chi connectivity index (χ2n) is 4.98. The highest BCUT2D eigenvalue weighted by molar-refractivity contribution is 6.30. The van der Waals surface area contributed by atoms with Crippen molar-refractivity contribution in [3.63, 3.8) is 0 Å². The maximum absolute atomic E-state index is 12.7. The van der Waals surface area contributed by atoms with Crippen LogP contribution in [0.5, 0.6) is 0 Å². The third-order valence-corrected chi connectivity index (χ3v) is 3.75. The Morgan fingerprint density at radius 1 is 1.05 bits per heavy atom. The molecule has 20 heavy (non-hydrogen) atoms. The Balaban J connectivity index is 2.26. The number of Topliss-reactive ketones (excluding diaryl/α,β-unsaturated/α-hetero) is 1. The molecule has 0 amide bonds. The number of carbonyl (C=O) groups is 1. The number of unbranched alkanes of at least 4 members (excludes halogenated alkanes) is 1. The monoisotopic (exact) mass is 286 g/mol. The zero-order chi connectivity index (χ0) is 14.4. The average Bonchev–Trinajstić information content (AvgIpc) is 2.49. The van der Waals surface area contributed by atoms with Crippen molar-refractivity contribution >= 4 is 17.4 Å². The van der Waals surface area contributed by atoms with Gasteiger partial charge in [-0.2, -0.15) is 0 Å². The quantitative estimate of drug-likeness (QED) is 0.641. The van der Waals surface area contributed by atoms with E-state index in [9.17, 15) is 4.79 Å². The highest BCUT2D eigenvalue weighted by atomic mass is 35.5. The third-order valence-electron chi connectivity index (χ3n) is 3.49. The summed E-state index contributed by atoms with van der Waals surface area (Å²) in [5.74, 6) is 0.124. The van der Waals surface area contributed by atoms with Crippen molar-refractivity contribution in [2.24, 2.45) is 0 Å². The van der Waals surface area contributed by atoms with Gasteiger partial charge in [-0.3, -0.25) is 4.79 Å². The maximum atomic E-state index is 12.7. The molecule has 1 atom stereocenters. The molecule has 0 N–H and O–H groups in total. The molecule has 0 aliphatic heterocycles. The lowest BCUT2D eigenvalue weighted by molar-refractivity contribution is 0.0954. The second-order valence-corrected chi connectivity index (χ2v) is 5.41. The van der Waals surface area contributed by atoms with Crippen molar-refractivity contribution < 1.29 is 4.79 Å². The molecule has 2 aromatic rings. The molecule has 2 rings (SSSR count). The number of halogens is 1. The summed E-state index contributed by atoms with van der Waals surface area (Å²) in [5, 5.41) is 0.659. The first-order valence-electron chi connectivity index (χ1n) is 7.07. The molecule has 2 heteroatoms. The van der Waals surface area contributed by atoms with Crippen molar-refractivity contribution in [2.45, 2.75) is 32.1 Å². The highest BCUT2D eigenvalue weighted by Crippen LogP contribution is 2.26. The first-order valence-corrected chi connectivity index (χ1v) is 7.45. The second kappa shape index (κ2) is 7.25. The lowest BCUT2D eigenvalue weighted by Crippen LogP contribution is -2.13. The van der Waals surface area contributed by atoms with Crippen LogP contribution in [0.2, 0.25) is 5.02 Å². The van der Waals surface area contributed by atoms with Gasteiger partial charge in [-0.05, 0) is 36.2 Å². The van der Waals surface area contributed by atoms with E-state index in [2.05, 4.69) is 6.92 Å². The Hall–Kier alpha value is -1.60. The van der Waals surface area contributed by atoms with Crippen LogP contribution in [-0.2, 0) is 0 Å². The van der Waals surface area contributed by atoms with Gasteiger partial charge in [-0.25, -0.2) is 0 Å². The van der Waals surface area contributed by atoms with Crippen LogP contribution < -0.4 is 0 Å². The van der Waals surface area contributed by atoms with E-state index in [1.54, 1.807) is 12.1 Å². The molecule has 0 saturated heterocycles. The van der Waals surface area contributed by atoms with Crippen LogP contribution in [0.1, 0.15) is 48.0 Å². The normalized spacial score (nSPS) is 12.1. The number of ketones is 1. The fourth-order valence-electron chi connectivity index (χ4n) is 2.36. The van der Waals surface area contributed by atoms with E-state index in [4.69, 9.17) is 11.6 Å². The lowest BCUT2D eigenvalue weighted by atomic mass is 9.87. The van der Waals surface area contributed by atoms with Gasteiger partial charge in [-0.1, -0.05) is 61.7 Å². The Labute approximate surface area is 125 Å². The minimum Gasteiger partial charge on any atom is -0.293 e. The summed E-state index contributed by atoms with van der Waals surface area (Å²) >= 11 is 5.89. The summed E-state index contributed by atoms with van der Waals surface area (Å²) in [6, 6.07) is 17.2. The molecule has 0 bridgehead atoms. The van der Waals surface area contributed by atoms with Crippen LogP contribution in [0.25, 0.3) is 0 Å². The van der Waals surface area contributed by atoms with Crippen LogP contribution in [0, 0.1) is 0 Å². The van der Waals surface area contributed by atoms with E-state index in [1.165, 1.54) is 0 Å². The van der Waals surface area contributed by atoms with Crippen molar-refractivity contribution in [3.05, 3.63) is 70.7 Å². The zero-order valence-electron chi connectivity index (χ0n) is 11.7. The Kier molecular flexibility index (Phi) is 5.37. The van der Waals surface area contributed by atoms with Crippen LogP contribution in [-0.4, -0.2) is 5.78 Å². The van der Waals surface area contributed by atoms with E-state index in [0.717, 1.165) is 30.4 Å². The van der Waals surface area contributed by atoms with Gasteiger partial charge in [0.25, 0.3) is 0 Å². The first-order chi connectivity index (χ1) is 9.72. The molecule has 0 radical (unpaired) electrons. The largest absolute Gasteiger partial charge is 0.293 e. The van der Waals surface area contributed by atoms with Crippen LogP contribution in [0.3, 0.4) is 0 Å². The van der Waals surface area contributed by atoms with Crippen LogP contribution >= 0.6 is 11.6 Å². The zero-order valence-corrected chi connectivity index (χ0v) is 12.4. The summed E-state index contributed by atoms with van der Waals surface area (Å²) in [4.78, 5) is 12.7. The summed E-state index contributed by atoms with van der Waals surface area (Å²) in [6.07, 6.45) is 3.04. The summed E-state index contributed by atoms with van der Waals surface area (Å²) in [7, 11) is 0. The fourth-order valence-corrected chi connectivity index (χ4v) is 2.48. The minimum atomic E-state index is -0.0580. The van der Waals surface area contributed by atoms with Crippen molar-refractivity contribution in [2.75, 3.05) is 0 Å². The van der Waals surface area contributed by atoms with Crippen LogP contribution in [0.15, 0.2) is 54.6 Å². The minimum absolute atomic E-state index is 0.0580. The van der Waals surface area contributed by atoms with Gasteiger partial charge in [0.2, 0.25) is 0 Å². The maximum Gasteiger partial charge on any atom is 0.170 e. The van der Waals surface area contributed by atoms with Crippen molar-refractivity contribution in [3.8, 4) is 0 Å². The summed E-state index contributed by atoms with van der Waals surface area (Å²) in [6.45, 7) is 2.15. The van der Waals surface area contributed by atoms with Gasteiger partial charge < -0.3 is 0 Å². The standard InChI is InChI=1S/C18H19ClO/c1-2-3-9-17(14-7-5-4-6-8-14)18(20)15-10-12-16(19)13-11-15/h4-8,10-13,17H,2-3,9H2,1H3. The number of benzene rings is 2. The van der Waals surface area contributed by atoms with E-state index >= 15 is 0 Å². The SMILES string of the molecule is CCCCC(C(=O)c1ccc(Cl)cc1)c1ccccc1. The first kappa shape index (κ1) is 14.8. The number of hydrogen-bond acceptors (Lipinski definition) is 1. The fraction of sp³-hybridized carbons (Fsp3) is 0.278. The molecule has 104 valence electrons. The van der Waals surface area contributed by atoms with Gasteiger partial charge in [0, 0.05) is 16.5 Å². The van der Waals surface area contributed by atoms with Gasteiger partial charge in [0.1, 0.15) is 0 Å². The predicted molar refractivity (Wildman–Crippen MR) is 84.5 cm³/mol. The Morgan fingerprint density at radius 2 is 1.70 bits per heavy atom. The molecule has 1 nitrogen and oxygen atoms in total. The van der Waals surface area contributed by atoms with E-state index in [0.29, 0.717) is 5.02 Å². The average molecular weight is 287 g/mol.